The maximum atomic E-state index is 12.5. The van der Waals surface area contributed by atoms with E-state index in [9.17, 15) is 9.59 Å². The highest BCUT2D eigenvalue weighted by atomic mass is 16.2. The fourth-order valence-electron chi connectivity index (χ4n) is 4.07. The van der Waals surface area contributed by atoms with E-state index < -0.39 is 5.54 Å². The van der Waals surface area contributed by atoms with Crippen molar-refractivity contribution < 1.29 is 9.59 Å². The summed E-state index contributed by atoms with van der Waals surface area (Å²) in [6, 6.07) is 16.2. The first kappa shape index (κ1) is 16.8. The molecule has 2 saturated heterocycles. The molecule has 0 aliphatic carbocycles. The van der Waals surface area contributed by atoms with Crippen LogP contribution in [0.5, 0.6) is 0 Å². The van der Waals surface area contributed by atoms with E-state index in [1.807, 2.05) is 24.3 Å². The number of imide groups is 1. The predicted molar refractivity (Wildman–Crippen MR) is 101 cm³/mol. The summed E-state index contributed by atoms with van der Waals surface area (Å²) in [5.74, 6) is -0.154. The summed E-state index contributed by atoms with van der Waals surface area (Å²) in [5.41, 5.74) is 3.86. The molecule has 26 heavy (non-hydrogen) atoms. The number of urea groups is 1. The number of nitrogens with zero attached hydrogens (tertiary/aromatic N) is 1. The van der Waals surface area contributed by atoms with Crippen LogP contribution in [0.4, 0.5) is 4.79 Å². The first-order chi connectivity index (χ1) is 12.6. The molecule has 3 amide bonds. The van der Waals surface area contributed by atoms with Crippen molar-refractivity contribution in [2.75, 3.05) is 13.1 Å². The third-order valence-electron chi connectivity index (χ3n) is 5.56. The largest absolute Gasteiger partial charge is 0.325 e. The Balaban J connectivity index is 1.64. The van der Waals surface area contributed by atoms with E-state index in [4.69, 9.17) is 0 Å². The van der Waals surface area contributed by atoms with Gasteiger partial charge in [-0.25, -0.2) is 4.79 Å². The van der Waals surface area contributed by atoms with Gasteiger partial charge in [0.15, 0.2) is 0 Å². The van der Waals surface area contributed by atoms with Crippen molar-refractivity contribution in [1.82, 2.24) is 15.5 Å². The standard InChI is InChI=1S/C21H23N3O2/c1-15-5-2-3-8-18(15)17-7-4-6-16(13-17)14-24-20(26)23-19(25)21(24)9-11-22-12-10-21/h2-8,13,22H,9-12,14H2,1H3,(H,23,25,26). The maximum Gasteiger partial charge on any atom is 0.325 e. The fraction of sp³-hybridized carbons (Fsp3) is 0.333. The Morgan fingerprint density at radius 2 is 1.81 bits per heavy atom. The van der Waals surface area contributed by atoms with E-state index in [0.717, 1.165) is 24.2 Å². The van der Waals surface area contributed by atoms with Gasteiger partial charge in [-0.05, 0) is 61.2 Å². The lowest BCUT2D eigenvalue weighted by molar-refractivity contribution is -0.128. The molecule has 2 aliphatic rings. The second-order valence-electron chi connectivity index (χ2n) is 7.14. The molecule has 2 aromatic carbocycles. The smallest absolute Gasteiger partial charge is 0.317 e. The first-order valence-electron chi connectivity index (χ1n) is 9.09. The zero-order valence-electron chi connectivity index (χ0n) is 14.9. The summed E-state index contributed by atoms with van der Waals surface area (Å²) in [4.78, 5) is 26.7. The summed E-state index contributed by atoms with van der Waals surface area (Å²) in [6.45, 7) is 4.04. The zero-order chi connectivity index (χ0) is 18.1. The molecule has 134 valence electrons. The average Bonchev–Trinajstić information content (AvgIpc) is 2.87. The van der Waals surface area contributed by atoms with Crippen LogP contribution in [0, 0.1) is 6.92 Å². The van der Waals surface area contributed by atoms with Crippen LogP contribution in [-0.2, 0) is 11.3 Å². The number of aryl methyl sites for hydroxylation is 1. The molecule has 0 atom stereocenters. The number of nitrogens with one attached hydrogen (secondary N) is 2. The lowest BCUT2D eigenvalue weighted by Gasteiger charge is -2.38. The Labute approximate surface area is 153 Å². The summed E-state index contributed by atoms with van der Waals surface area (Å²) in [6.07, 6.45) is 1.31. The van der Waals surface area contributed by atoms with E-state index in [2.05, 4.69) is 41.8 Å². The molecule has 0 radical (unpaired) electrons. The summed E-state index contributed by atoms with van der Waals surface area (Å²) >= 11 is 0. The van der Waals surface area contributed by atoms with Crippen LogP contribution in [0.2, 0.25) is 0 Å². The van der Waals surface area contributed by atoms with Crippen LogP contribution in [0.1, 0.15) is 24.0 Å². The molecule has 4 rings (SSSR count). The molecule has 0 bridgehead atoms. The molecular weight excluding hydrogens is 326 g/mol. The van der Waals surface area contributed by atoms with Crippen LogP contribution in [0.25, 0.3) is 11.1 Å². The Hall–Kier alpha value is -2.66. The van der Waals surface area contributed by atoms with Gasteiger partial charge in [0.25, 0.3) is 5.91 Å². The van der Waals surface area contributed by atoms with Gasteiger partial charge in [-0.1, -0.05) is 42.5 Å². The van der Waals surface area contributed by atoms with Crippen LogP contribution >= 0.6 is 0 Å². The number of benzene rings is 2. The minimum atomic E-state index is -0.707. The SMILES string of the molecule is Cc1ccccc1-c1cccc(CN2C(=O)NC(=O)C23CCNCC3)c1. The molecule has 2 N–H and O–H groups in total. The van der Waals surface area contributed by atoms with Crippen molar-refractivity contribution in [1.29, 1.82) is 0 Å². The highest BCUT2D eigenvalue weighted by molar-refractivity contribution is 6.07. The predicted octanol–water partition coefficient (Wildman–Crippen LogP) is 2.84. The van der Waals surface area contributed by atoms with E-state index in [-0.39, 0.29) is 11.9 Å². The number of rotatable bonds is 3. The van der Waals surface area contributed by atoms with Crippen LogP contribution < -0.4 is 10.6 Å². The quantitative estimate of drug-likeness (QED) is 0.838. The number of hydrogen-bond acceptors (Lipinski definition) is 3. The molecule has 5 heteroatoms. The molecule has 2 heterocycles. The highest BCUT2D eigenvalue weighted by Gasteiger charge is 2.52. The van der Waals surface area contributed by atoms with Crippen molar-refractivity contribution in [3.63, 3.8) is 0 Å². The lowest BCUT2D eigenvalue weighted by Crippen LogP contribution is -2.55. The summed E-state index contributed by atoms with van der Waals surface area (Å²) in [7, 11) is 0. The molecule has 2 aliphatic heterocycles. The van der Waals surface area contributed by atoms with Crippen LogP contribution in [0.3, 0.4) is 0 Å². The van der Waals surface area contributed by atoms with Crippen LogP contribution in [-0.4, -0.2) is 35.5 Å². The molecule has 2 fully saturated rings. The molecule has 0 saturated carbocycles. The van der Waals surface area contributed by atoms with Gasteiger partial charge < -0.3 is 10.2 Å². The summed E-state index contributed by atoms with van der Waals surface area (Å²) < 4.78 is 0. The van der Waals surface area contributed by atoms with E-state index in [1.165, 1.54) is 11.1 Å². The van der Waals surface area contributed by atoms with Crippen molar-refractivity contribution >= 4 is 11.9 Å². The van der Waals surface area contributed by atoms with Crippen molar-refractivity contribution in [2.45, 2.75) is 31.8 Å². The van der Waals surface area contributed by atoms with Crippen molar-refractivity contribution in [2.24, 2.45) is 0 Å². The number of carbonyl (C=O) groups excluding carboxylic acids is 2. The minimum Gasteiger partial charge on any atom is -0.317 e. The molecule has 1 spiro atoms. The third-order valence-corrected chi connectivity index (χ3v) is 5.56. The first-order valence-corrected chi connectivity index (χ1v) is 9.09. The second kappa shape index (κ2) is 6.57. The second-order valence-corrected chi connectivity index (χ2v) is 7.14. The lowest BCUT2D eigenvalue weighted by atomic mass is 9.86. The van der Waals surface area contributed by atoms with E-state index in [0.29, 0.717) is 19.4 Å². The van der Waals surface area contributed by atoms with Gasteiger partial charge in [0, 0.05) is 6.54 Å². The van der Waals surface area contributed by atoms with Gasteiger partial charge in [0.2, 0.25) is 0 Å². The third kappa shape index (κ3) is 2.78. The Kier molecular flexibility index (Phi) is 4.24. The summed E-state index contributed by atoms with van der Waals surface area (Å²) in [5, 5.41) is 5.80. The Bertz CT molecular complexity index is 856. The molecule has 2 aromatic rings. The molecular formula is C21H23N3O2. The Morgan fingerprint density at radius 1 is 1.04 bits per heavy atom. The average molecular weight is 349 g/mol. The monoisotopic (exact) mass is 349 g/mol. The molecule has 5 nitrogen and oxygen atoms in total. The van der Waals surface area contributed by atoms with E-state index >= 15 is 0 Å². The Morgan fingerprint density at radius 3 is 2.58 bits per heavy atom. The molecule has 0 aromatic heterocycles. The van der Waals surface area contributed by atoms with Gasteiger partial charge in [-0.2, -0.15) is 0 Å². The van der Waals surface area contributed by atoms with Crippen molar-refractivity contribution in [3.05, 3.63) is 59.7 Å². The highest BCUT2D eigenvalue weighted by Crippen LogP contribution is 2.33. The minimum absolute atomic E-state index is 0.154. The van der Waals surface area contributed by atoms with Gasteiger partial charge in [0.05, 0.1) is 0 Å². The van der Waals surface area contributed by atoms with E-state index in [1.54, 1.807) is 4.90 Å². The maximum absolute atomic E-state index is 12.5. The van der Waals surface area contributed by atoms with Gasteiger partial charge in [-0.3, -0.25) is 10.1 Å². The zero-order valence-corrected chi connectivity index (χ0v) is 14.9. The fourth-order valence-corrected chi connectivity index (χ4v) is 4.07. The molecule has 0 unspecified atom stereocenters. The van der Waals surface area contributed by atoms with Crippen molar-refractivity contribution in [3.8, 4) is 11.1 Å². The topological polar surface area (TPSA) is 61.4 Å². The number of amides is 3. The number of hydrogen-bond donors (Lipinski definition) is 2. The number of piperidine rings is 1. The van der Waals surface area contributed by atoms with Gasteiger partial charge in [0.1, 0.15) is 5.54 Å². The van der Waals surface area contributed by atoms with Gasteiger partial charge >= 0.3 is 6.03 Å². The number of carbonyl (C=O) groups is 2. The van der Waals surface area contributed by atoms with Crippen LogP contribution in [0.15, 0.2) is 48.5 Å². The van der Waals surface area contributed by atoms with Gasteiger partial charge in [-0.15, -0.1) is 0 Å². The normalized spacial score (nSPS) is 19.0.